The van der Waals surface area contributed by atoms with E-state index in [1.165, 1.54) is 38.5 Å². The summed E-state index contributed by atoms with van der Waals surface area (Å²) in [5.74, 6) is 0.496. The van der Waals surface area contributed by atoms with E-state index in [9.17, 15) is 5.11 Å². The summed E-state index contributed by atoms with van der Waals surface area (Å²) >= 11 is 0. The second-order valence-corrected chi connectivity index (χ2v) is 5.29. The molecule has 1 aliphatic rings. The van der Waals surface area contributed by atoms with Gasteiger partial charge >= 0.3 is 0 Å². The lowest BCUT2D eigenvalue weighted by molar-refractivity contribution is -0.0314. The zero-order valence-corrected chi connectivity index (χ0v) is 11.1. The molecule has 2 unspecified atom stereocenters. The van der Waals surface area contributed by atoms with E-state index in [-0.39, 0.29) is 7.43 Å². The Morgan fingerprint density at radius 2 is 1.76 bits per heavy atom. The van der Waals surface area contributed by atoms with Crippen LogP contribution in [0.4, 0.5) is 0 Å². The molecule has 0 aromatic heterocycles. The van der Waals surface area contributed by atoms with Crippen LogP contribution in [0.5, 0.6) is 0 Å². The van der Waals surface area contributed by atoms with Gasteiger partial charge in [-0.15, -0.1) is 0 Å². The van der Waals surface area contributed by atoms with Crippen molar-refractivity contribution in [1.29, 1.82) is 0 Å². The van der Waals surface area contributed by atoms with E-state index < -0.39 is 5.72 Å². The first-order valence-electron chi connectivity index (χ1n) is 7.20. The van der Waals surface area contributed by atoms with E-state index >= 15 is 0 Å². The molecular formula is C15H33NO. The molecule has 0 spiro atoms. The van der Waals surface area contributed by atoms with Gasteiger partial charge in [0.25, 0.3) is 0 Å². The molecule has 0 bridgehead atoms. The third-order valence-electron chi connectivity index (χ3n) is 3.92. The highest BCUT2D eigenvalue weighted by molar-refractivity contribution is 4.90. The Labute approximate surface area is 108 Å². The van der Waals surface area contributed by atoms with Crippen LogP contribution in [-0.4, -0.2) is 17.4 Å². The van der Waals surface area contributed by atoms with Gasteiger partial charge in [0.1, 0.15) is 5.72 Å². The molecule has 1 fully saturated rings. The van der Waals surface area contributed by atoms with Crippen molar-refractivity contribution in [2.75, 3.05) is 6.54 Å². The van der Waals surface area contributed by atoms with E-state index in [0.717, 1.165) is 25.8 Å². The summed E-state index contributed by atoms with van der Waals surface area (Å²) in [6.45, 7) is 5.45. The molecule has 2 heteroatoms. The third-order valence-corrected chi connectivity index (χ3v) is 3.92. The average Bonchev–Trinajstić information content (AvgIpc) is 2.62. The fourth-order valence-electron chi connectivity index (χ4n) is 2.81. The molecule has 1 aliphatic heterocycles. The van der Waals surface area contributed by atoms with Crippen LogP contribution in [0.2, 0.25) is 0 Å². The summed E-state index contributed by atoms with van der Waals surface area (Å²) in [6.07, 6.45) is 10.8. The van der Waals surface area contributed by atoms with Gasteiger partial charge in [0, 0.05) is 5.92 Å². The minimum atomic E-state index is -0.539. The van der Waals surface area contributed by atoms with Gasteiger partial charge in [0.15, 0.2) is 0 Å². The molecule has 0 radical (unpaired) electrons. The molecule has 2 atom stereocenters. The normalized spacial score (nSPS) is 28.1. The number of rotatable bonds is 8. The fraction of sp³-hybridized carbons (Fsp3) is 1.00. The maximum atomic E-state index is 10.6. The zero-order valence-electron chi connectivity index (χ0n) is 11.1. The minimum Gasteiger partial charge on any atom is -0.376 e. The van der Waals surface area contributed by atoms with Crippen molar-refractivity contribution in [2.45, 2.75) is 84.8 Å². The molecule has 1 rings (SSSR count). The molecule has 104 valence electrons. The quantitative estimate of drug-likeness (QED) is 0.630. The van der Waals surface area contributed by atoms with Crippen molar-refractivity contribution < 1.29 is 5.11 Å². The summed E-state index contributed by atoms with van der Waals surface area (Å²) in [4.78, 5) is 0. The van der Waals surface area contributed by atoms with Gasteiger partial charge in [-0.25, -0.2) is 0 Å². The summed E-state index contributed by atoms with van der Waals surface area (Å²) in [5, 5.41) is 13.9. The second kappa shape index (κ2) is 8.93. The largest absolute Gasteiger partial charge is 0.376 e. The monoisotopic (exact) mass is 243 g/mol. The molecular weight excluding hydrogens is 210 g/mol. The van der Waals surface area contributed by atoms with Crippen molar-refractivity contribution in [2.24, 2.45) is 5.92 Å². The molecule has 0 amide bonds. The Morgan fingerprint density at radius 1 is 1.12 bits per heavy atom. The van der Waals surface area contributed by atoms with Crippen molar-refractivity contribution >= 4 is 0 Å². The molecule has 2 nitrogen and oxygen atoms in total. The van der Waals surface area contributed by atoms with Crippen LogP contribution >= 0.6 is 0 Å². The van der Waals surface area contributed by atoms with Gasteiger partial charge in [0.05, 0.1) is 0 Å². The van der Waals surface area contributed by atoms with E-state index in [2.05, 4.69) is 19.2 Å². The molecule has 2 N–H and O–H groups in total. The SMILES string of the molecule is C.CCCCCC1CCNC1(O)CCCCC. The van der Waals surface area contributed by atoms with Gasteiger partial charge in [-0.05, 0) is 32.2 Å². The van der Waals surface area contributed by atoms with Crippen molar-refractivity contribution in [1.82, 2.24) is 5.32 Å². The van der Waals surface area contributed by atoms with Crippen LogP contribution in [-0.2, 0) is 0 Å². The number of hydrogen-bond acceptors (Lipinski definition) is 2. The van der Waals surface area contributed by atoms with E-state index in [1.807, 2.05) is 0 Å². The van der Waals surface area contributed by atoms with Gasteiger partial charge in [-0.3, -0.25) is 5.32 Å². The average molecular weight is 243 g/mol. The Hall–Kier alpha value is -0.0800. The Morgan fingerprint density at radius 3 is 2.41 bits per heavy atom. The molecule has 0 aromatic carbocycles. The fourth-order valence-corrected chi connectivity index (χ4v) is 2.81. The number of hydrogen-bond donors (Lipinski definition) is 2. The van der Waals surface area contributed by atoms with Crippen LogP contribution in [0.3, 0.4) is 0 Å². The van der Waals surface area contributed by atoms with E-state index in [0.29, 0.717) is 5.92 Å². The lowest BCUT2D eigenvalue weighted by Crippen LogP contribution is -2.44. The van der Waals surface area contributed by atoms with Crippen molar-refractivity contribution in [3.63, 3.8) is 0 Å². The molecule has 0 aromatic rings. The Balaban J connectivity index is 0.00000256. The summed E-state index contributed by atoms with van der Waals surface area (Å²) in [7, 11) is 0. The zero-order chi connectivity index (χ0) is 11.9. The summed E-state index contributed by atoms with van der Waals surface area (Å²) < 4.78 is 0. The van der Waals surface area contributed by atoms with Gasteiger partial charge in [0.2, 0.25) is 0 Å². The molecule has 1 saturated heterocycles. The van der Waals surface area contributed by atoms with Gasteiger partial charge in [-0.1, -0.05) is 53.4 Å². The second-order valence-electron chi connectivity index (χ2n) is 5.29. The molecule has 0 saturated carbocycles. The Kier molecular flexibility index (Phi) is 8.89. The highest BCUT2D eigenvalue weighted by atomic mass is 16.3. The lowest BCUT2D eigenvalue weighted by Gasteiger charge is -2.30. The highest BCUT2D eigenvalue weighted by Crippen LogP contribution is 2.33. The van der Waals surface area contributed by atoms with Crippen molar-refractivity contribution in [3.8, 4) is 0 Å². The molecule has 17 heavy (non-hydrogen) atoms. The third kappa shape index (κ3) is 5.39. The van der Waals surface area contributed by atoms with Gasteiger partial charge < -0.3 is 5.11 Å². The first-order valence-corrected chi connectivity index (χ1v) is 7.20. The van der Waals surface area contributed by atoms with Crippen LogP contribution in [0, 0.1) is 5.92 Å². The smallest absolute Gasteiger partial charge is 0.118 e. The maximum Gasteiger partial charge on any atom is 0.118 e. The van der Waals surface area contributed by atoms with E-state index in [1.54, 1.807) is 0 Å². The van der Waals surface area contributed by atoms with Crippen LogP contribution in [0.1, 0.15) is 79.1 Å². The summed E-state index contributed by atoms with van der Waals surface area (Å²) in [5.41, 5.74) is -0.539. The van der Waals surface area contributed by atoms with Crippen LogP contribution < -0.4 is 5.32 Å². The number of aliphatic hydroxyl groups is 1. The predicted molar refractivity (Wildman–Crippen MR) is 76.1 cm³/mol. The maximum absolute atomic E-state index is 10.6. The molecule has 1 heterocycles. The number of unbranched alkanes of at least 4 members (excludes halogenated alkanes) is 4. The lowest BCUT2D eigenvalue weighted by atomic mass is 9.87. The highest BCUT2D eigenvalue weighted by Gasteiger charge is 2.39. The van der Waals surface area contributed by atoms with Crippen LogP contribution in [0.15, 0.2) is 0 Å². The first-order chi connectivity index (χ1) is 7.73. The predicted octanol–water partition coefficient (Wildman–Crippen LogP) is 4.08. The summed E-state index contributed by atoms with van der Waals surface area (Å²) in [6, 6.07) is 0. The van der Waals surface area contributed by atoms with Crippen molar-refractivity contribution in [3.05, 3.63) is 0 Å². The number of nitrogens with one attached hydrogen (secondary N) is 1. The van der Waals surface area contributed by atoms with Gasteiger partial charge in [-0.2, -0.15) is 0 Å². The van der Waals surface area contributed by atoms with Crippen LogP contribution in [0.25, 0.3) is 0 Å². The topological polar surface area (TPSA) is 32.3 Å². The standard InChI is InChI=1S/C14H29NO.CH4/c1-3-5-7-9-13-10-12-15-14(13,16)11-8-6-4-2;/h13,15-16H,3-12H2,1-2H3;1H4. The first kappa shape index (κ1) is 16.9. The minimum absolute atomic E-state index is 0. The molecule has 0 aliphatic carbocycles. The van der Waals surface area contributed by atoms with E-state index in [4.69, 9.17) is 0 Å². The Bertz CT molecular complexity index is 184.